The Hall–Kier alpha value is 0.200. The van der Waals surface area contributed by atoms with E-state index < -0.39 is 10.0 Å². The van der Waals surface area contributed by atoms with Gasteiger partial charge in [0.05, 0.1) is 5.75 Å². The first kappa shape index (κ1) is 14.2. The van der Waals surface area contributed by atoms with Gasteiger partial charge in [-0.25, -0.2) is 13.1 Å². The Kier molecular flexibility index (Phi) is 7.59. The highest BCUT2D eigenvalue weighted by atomic mass is 35.5. The quantitative estimate of drug-likeness (QED) is 0.661. The lowest BCUT2D eigenvalue weighted by Crippen LogP contribution is -2.30. The highest BCUT2D eigenvalue weighted by molar-refractivity contribution is 7.89. The van der Waals surface area contributed by atoms with Gasteiger partial charge in [0.1, 0.15) is 0 Å². The van der Waals surface area contributed by atoms with Crippen molar-refractivity contribution in [2.45, 2.75) is 33.1 Å². The topological polar surface area (TPSA) is 46.2 Å². The third kappa shape index (κ3) is 6.62. The molecule has 0 aliphatic rings. The maximum atomic E-state index is 11.2. The number of nitrogens with one attached hydrogen (secondary N) is 1. The summed E-state index contributed by atoms with van der Waals surface area (Å²) in [5.74, 6) is 1.12. The number of rotatable bonds is 8. The van der Waals surface area contributed by atoms with Crippen LogP contribution in [0.5, 0.6) is 0 Å². The van der Waals surface area contributed by atoms with Crippen molar-refractivity contribution in [1.29, 1.82) is 0 Å². The predicted octanol–water partition coefficient (Wildman–Crippen LogP) is 1.97. The molecule has 0 fully saturated rings. The molecule has 0 aliphatic heterocycles. The van der Waals surface area contributed by atoms with Crippen LogP contribution in [0.2, 0.25) is 0 Å². The molecule has 0 aromatic heterocycles. The summed E-state index contributed by atoms with van der Waals surface area (Å²) in [6, 6.07) is 0. The SMILES string of the molecule is CCCC(CCCl)CNS(=O)(=O)CC. The van der Waals surface area contributed by atoms with Crippen LogP contribution in [0.3, 0.4) is 0 Å². The highest BCUT2D eigenvalue weighted by Crippen LogP contribution is 2.11. The van der Waals surface area contributed by atoms with Crippen molar-refractivity contribution in [1.82, 2.24) is 4.72 Å². The standard InChI is InChI=1S/C9H20ClNO2S/c1-3-5-9(6-7-10)8-11-14(12,13)4-2/h9,11H,3-8H2,1-2H3. The summed E-state index contributed by atoms with van der Waals surface area (Å²) in [6.45, 7) is 4.25. The Bertz CT molecular complexity index is 223. The van der Waals surface area contributed by atoms with E-state index in [1.54, 1.807) is 6.92 Å². The van der Waals surface area contributed by atoms with E-state index in [2.05, 4.69) is 11.6 Å². The van der Waals surface area contributed by atoms with Gasteiger partial charge in [-0.15, -0.1) is 11.6 Å². The molecule has 0 heterocycles. The molecule has 1 atom stereocenters. The van der Waals surface area contributed by atoms with Gasteiger partial charge in [-0.2, -0.15) is 0 Å². The maximum Gasteiger partial charge on any atom is 0.211 e. The van der Waals surface area contributed by atoms with Gasteiger partial charge in [0.15, 0.2) is 0 Å². The lowest BCUT2D eigenvalue weighted by atomic mass is 10.0. The van der Waals surface area contributed by atoms with Gasteiger partial charge in [-0.3, -0.25) is 0 Å². The van der Waals surface area contributed by atoms with Gasteiger partial charge in [0.25, 0.3) is 0 Å². The van der Waals surface area contributed by atoms with Gasteiger partial charge in [-0.1, -0.05) is 13.3 Å². The summed E-state index contributed by atoms with van der Waals surface area (Å²) in [4.78, 5) is 0. The second-order valence-electron chi connectivity index (χ2n) is 3.38. The molecular formula is C9H20ClNO2S. The summed E-state index contributed by atoms with van der Waals surface area (Å²) in [7, 11) is -3.04. The van der Waals surface area contributed by atoms with Crippen molar-refractivity contribution in [3.8, 4) is 0 Å². The third-order valence-corrected chi connectivity index (χ3v) is 3.77. The summed E-state index contributed by atoms with van der Waals surface area (Å²) < 4.78 is 24.9. The third-order valence-electron chi connectivity index (χ3n) is 2.19. The van der Waals surface area contributed by atoms with Crippen molar-refractivity contribution in [2.24, 2.45) is 5.92 Å². The smallest absolute Gasteiger partial charge is 0.211 e. The minimum absolute atomic E-state index is 0.146. The van der Waals surface area contributed by atoms with Crippen LogP contribution in [0.15, 0.2) is 0 Å². The van der Waals surface area contributed by atoms with Crippen molar-refractivity contribution in [3.63, 3.8) is 0 Å². The van der Waals surface area contributed by atoms with Crippen LogP contribution < -0.4 is 4.72 Å². The fourth-order valence-corrected chi connectivity index (χ4v) is 2.26. The molecule has 5 heteroatoms. The van der Waals surface area contributed by atoms with E-state index in [0.717, 1.165) is 19.3 Å². The Morgan fingerprint density at radius 3 is 2.36 bits per heavy atom. The first-order valence-electron chi connectivity index (χ1n) is 5.09. The first-order chi connectivity index (χ1) is 6.55. The fourth-order valence-electron chi connectivity index (χ4n) is 1.26. The van der Waals surface area contributed by atoms with Crippen LogP contribution in [-0.4, -0.2) is 26.6 Å². The molecule has 0 saturated heterocycles. The van der Waals surface area contributed by atoms with E-state index in [4.69, 9.17) is 11.6 Å². The molecule has 0 spiro atoms. The Morgan fingerprint density at radius 1 is 1.29 bits per heavy atom. The van der Waals surface area contributed by atoms with E-state index in [1.807, 2.05) is 0 Å². The molecule has 0 saturated carbocycles. The van der Waals surface area contributed by atoms with Crippen LogP contribution in [0, 0.1) is 5.92 Å². The molecule has 0 aromatic carbocycles. The van der Waals surface area contributed by atoms with E-state index >= 15 is 0 Å². The van der Waals surface area contributed by atoms with Crippen LogP contribution >= 0.6 is 11.6 Å². The average molecular weight is 242 g/mol. The lowest BCUT2D eigenvalue weighted by Gasteiger charge is -2.14. The number of hydrogen-bond acceptors (Lipinski definition) is 2. The van der Waals surface area contributed by atoms with Gasteiger partial charge < -0.3 is 0 Å². The lowest BCUT2D eigenvalue weighted by molar-refractivity contribution is 0.457. The van der Waals surface area contributed by atoms with Crippen LogP contribution in [0.25, 0.3) is 0 Å². The molecule has 1 N–H and O–H groups in total. The number of alkyl halides is 1. The Labute approximate surface area is 92.3 Å². The van der Waals surface area contributed by atoms with Gasteiger partial charge in [0.2, 0.25) is 10.0 Å². The largest absolute Gasteiger partial charge is 0.215 e. The number of halogens is 1. The van der Waals surface area contributed by atoms with E-state index in [0.29, 0.717) is 18.3 Å². The number of hydrogen-bond donors (Lipinski definition) is 1. The van der Waals surface area contributed by atoms with Gasteiger partial charge in [0, 0.05) is 12.4 Å². The van der Waals surface area contributed by atoms with Gasteiger partial charge >= 0.3 is 0 Å². The minimum Gasteiger partial charge on any atom is -0.215 e. The average Bonchev–Trinajstić information content (AvgIpc) is 2.15. The van der Waals surface area contributed by atoms with Crippen molar-refractivity contribution in [2.75, 3.05) is 18.2 Å². The molecule has 1 unspecified atom stereocenters. The van der Waals surface area contributed by atoms with E-state index in [9.17, 15) is 8.42 Å². The first-order valence-corrected chi connectivity index (χ1v) is 7.27. The molecular weight excluding hydrogens is 222 g/mol. The van der Waals surface area contributed by atoms with Crippen molar-refractivity contribution >= 4 is 21.6 Å². The zero-order chi connectivity index (χ0) is 11.0. The Morgan fingerprint density at radius 2 is 1.93 bits per heavy atom. The second-order valence-corrected chi connectivity index (χ2v) is 5.86. The predicted molar refractivity (Wildman–Crippen MR) is 61.2 cm³/mol. The molecule has 0 bridgehead atoms. The normalized spacial score (nSPS) is 14.2. The Balaban J connectivity index is 3.92. The van der Waals surface area contributed by atoms with Crippen molar-refractivity contribution < 1.29 is 8.42 Å². The zero-order valence-corrected chi connectivity index (χ0v) is 10.5. The highest BCUT2D eigenvalue weighted by Gasteiger charge is 2.11. The molecule has 0 amide bonds. The molecule has 14 heavy (non-hydrogen) atoms. The molecule has 86 valence electrons. The van der Waals surface area contributed by atoms with Crippen LogP contribution in [0.4, 0.5) is 0 Å². The van der Waals surface area contributed by atoms with Crippen LogP contribution in [0.1, 0.15) is 33.1 Å². The fraction of sp³-hybridized carbons (Fsp3) is 1.00. The zero-order valence-electron chi connectivity index (χ0n) is 8.92. The summed E-state index contributed by atoms with van der Waals surface area (Å²) in [5, 5.41) is 0. The van der Waals surface area contributed by atoms with E-state index in [1.165, 1.54) is 0 Å². The summed E-state index contributed by atoms with van der Waals surface area (Å²) >= 11 is 5.64. The minimum atomic E-state index is -3.04. The summed E-state index contributed by atoms with van der Waals surface area (Å²) in [6.07, 6.45) is 2.97. The maximum absolute atomic E-state index is 11.2. The van der Waals surface area contributed by atoms with E-state index in [-0.39, 0.29) is 5.75 Å². The molecule has 0 aromatic rings. The number of sulfonamides is 1. The molecule has 0 rings (SSSR count). The summed E-state index contributed by atoms with van der Waals surface area (Å²) in [5.41, 5.74) is 0. The van der Waals surface area contributed by atoms with Gasteiger partial charge in [-0.05, 0) is 25.7 Å². The molecule has 0 aliphatic carbocycles. The monoisotopic (exact) mass is 241 g/mol. The second kappa shape index (κ2) is 7.49. The van der Waals surface area contributed by atoms with Crippen molar-refractivity contribution in [3.05, 3.63) is 0 Å². The molecule has 3 nitrogen and oxygen atoms in total. The van der Waals surface area contributed by atoms with Crippen LogP contribution in [-0.2, 0) is 10.0 Å². The molecule has 0 radical (unpaired) electrons.